The summed E-state index contributed by atoms with van der Waals surface area (Å²) in [6, 6.07) is 7.28. The topological polar surface area (TPSA) is 83.0 Å². The maximum absolute atomic E-state index is 11.6. The lowest BCUT2D eigenvalue weighted by atomic mass is 9.98. The number of hydrogen-bond acceptors (Lipinski definition) is 4. The predicted molar refractivity (Wildman–Crippen MR) is 115 cm³/mol. The Hall–Kier alpha value is -1.51. The van der Waals surface area contributed by atoms with Crippen molar-refractivity contribution < 1.29 is 13.2 Å². The van der Waals surface area contributed by atoms with E-state index in [-0.39, 0.29) is 6.10 Å². The van der Waals surface area contributed by atoms with E-state index in [1.54, 1.807) is 16.4 Å². The van der Waals surface area contributed by atoms with Crippen LogP contribution in [0.5, 0.6) is 5.75 Å². The van der Waals surface area contributed by atoms with Crippen molar-refractivity contribution in [2.75, 3.05) is 39.0 Å². The van der Waals surface area contributed by atoms with Crippen molar-refractivity contribution in [1.29, 1.82) is 0 Å². The second-order valence-electron chi connectivity index (χ2n) is 7.09. The molecule has 0 bridgehead atoms. The number of nitrogens with zero attached hydrogens (tertiary/aromatic N) is 2. The first-order valence-corrected chi connectivity index (χ1v) is 11.9. The van der Waals surface area contributed by atoms with Gasteiger partial charge in [0.15, 0.2) is 5.96 Å². The Kier molecular flexibility index (Phi) is 8.85. The molecule has 2 N–H and O–H groups in total. The molecule has 0 amide bonds. The summed E-state index contributed by atoms with van der Waals surface area (Å²) in [5, 5.41) is 7.29. The Morgan fingerprint density at radius 3 is 2.50 bits per heavy atom. The fraction of sp³-hybridized carbons (Fsp3) is 0.632. The lowest BCUT2D eigenvalue weighted by molar-refractivity contribution is 0.230. The number of sulfonamides is 1. The van der Waals surface area contributed by atoms with Crippen LogP contribution in [0.1, 0.15) is 26.7 Å². The average molecular weight is 431 g/mol. The molecule has 1 aliphatic heterocycles. The molecule has 1 heterocycles. The number of benzene rings is 1. The molecule has 0 spiro atoms. The summed E-state index contributed by atoms with van der Waals surface area (Å²) in [4.78, 5) is 4.60. The summed E-state index contributed by atoms with van der Waals surface area (Å²) in [5.41, 5.74) is 0. The van der Waals surface area contributed by atoms with Gasteiger partial charge in [0.1, 0.15) is 11.9 Å². The number of hydrogen-bond donors (Lipinski definition) is 2. The molecule has 28 heavy (non-hydrogen) atoms. The minimum absolute atomic E-state index is 0.0744. The third-order valence-corrected chi connectivity index (χ3v) is 6.16. The van der Waals surface area contributed by atoms with Crippen molar-refractivity contribution in [1.82, 2.24) is 14.9 Å². The molecule has 1 unspecified atom stereocenters. The first kappa shape index (κ1) is 22.8. The molecule has 158 valence electrons. The van der Waals surface area contributed by atoms with Crippen LogP contribution in [0, 0.1) is 5.92 Å². The molecule has 1 aromatic carbocycles. The van der Waals surface area contributed by atoms with Crippen LogP contribution in [0.15, 0.2) is 29.3 Å². The van der Waals surface area contributed by atoms with Crippen LogP contribution in [-0.4, -0.2) is 63.8 Å². The molecule has 1 fully saturated rings. The van der Waals surface area contributed by atoms with Gasteiger partial charge in [-0.15, -0.1) is 0 Å². The number of aliphatic imine (C=N–C) groups is 1. The average Bonchev–Trinajstić information content (AvgIpc) is 2.65. The highest BCUT2D eigenvalue weighted by atomic mass is 35.5. The Morgan fingerprint density at radius 1 is 1.29 bits per heavy atom. The number of halogens is 1. The minimum atomic E-state index is -3.08. The Balaban J connectivity index is 1.79. The Bertz CT molecular complexity index is 732. The van der Waals surface area contributed by atoms with E-state index in [9.17, 15) is 8.42 Å². The zero-order valence-corrected chi connectivity index (χ0v) is 18.4. The van der Waals surface area contributed by atoms with Crippen molar-refractivity contribution in [3.8, 4) is 5.75 Å². The Morgan fingerprint density at radius 2 is 1.93 bits per heavy atom. The molecular weight excluding hydrogens is 400 g/mol. The number of guanidine groups is 1. The molecule has 7 nitrogen and oxygen atoms in total. The molecule has 0 saturated carbocycles. The van der Waals surface area contributed by atoms with Crippen LogP contribution < -0.4 is 15.4 Å². The van der Waals surface area contributed by atoms with Crippen molar-refractivity contribution >= 4 is 27.6 Å². The quantitative estimate of drug-likeness (QED) is 0.488. The summed E-state index contributed by atoms with van der Waals surface area (Å²) in [5.74, 6) is 1.95. The van der Waals surface area contributed by atoms with Gasteiger partial charge < -0.3 is 15.4 Å². The third kappa shape index (κ3) is 7.85. The van der Waals surface area contributed by atoms with Crippen LogP contribution in [0.25, 0.3) is 0 Å². The van der Waals surface area contributed by atoms with E-state index in [1.165, 1.54) is 6.26 Å². The molecule has 2 rings (SSSR count). The molecule has 0 aromatic heterocycles. The molecule has 1 aliphatic rings. The van der Waals surface area contributed by atoms with Gasteiger partial charge in [0.05, 0.1) is 12.8 Å². The second-order valence-corrected chi connectivity index (χ2v) is 9.51. The second kappa shape index (κ2) is 10.9. The van der Waals surface area contributed by atoms with E-state index >= 15 is 0 Å². The molecule has 1 atom stereocenters. The fourth-order valence-corrected chi connectivity index (χ4v) is 4.03. The van der Waals surface area contributed by atoms with Crippen LogP contribution in [-0.2, 0) is 10.0 Å². The van der Waals surface area contributed by atoms with Gasteiger partial charge in [0, 0.05) is 31.2 Å². The van der Waals surface area contributed by atoms with Crippen molar-refractivity contribution in [3.63, 3.8) is 0 Å². The van der Waals surface area contributed by atoms with E-state index in [0.29, 0.717) is 30.6 Å². The fourth-order valence-electron chi connectivity index (χ4n) is 3.03. The maximum Gasteiger partial charge on any atom is 0.211 e. The molecular formula is C19H31ClN4O3S. The zero-order valence-electron chi connectivity index (χ0n) is 16.8. The molecule has 0 radical (unpaired) electrons. The van der Waals surface area contributed by atoms with Crippen LogP contribution in [0.3, 0.4) is 0 Å². The first-order valence-electron chi connectivity index (χ1n) is 9.67. The lowest BCUT2D eigenvalue weighted by Gasteiger charge is -2.30. The van der Waals surface area contributed by atoms with E-state index in [2.05, 4.69) is 15.6 Å². The predicted octanol–water partition coefficient (Wildman–Crippen LogP) is 2.33. The van der Waals surface area contributed by atoms with Gasteiger partial charge in [0.25, 0.3) is 0 Å². The lowest BCUT2D eigenvalue weighted by Crippen LogP contribution is -2.44. The monoisotopic (exact) mass is 430 g/mol. The van der Waals surface area contributed by atoms with Gasteiger partial charge in [-0.3, -0.25) is 0 Å². The highest BCUT2D eigenvalue weighted by molar-refractivity contribution is 7.88. The number of piperidine rings is 1. The first-order chi connectivity index (χ1) is 13.3. The highest BCUT2D eigenvalue weighted by Crippen LogP contribution is 2.18. The maximum atomic E-state index is 11.6. The summed E-state index contributed by atoms with van der Waals surface area (Å²) in [7, 11) is -3.08. The zero-order chi connectivity index (χ0) is 20.6. The van der Waals surface area contributed by atoms with Gasteiger partial charge in [-0.25, -0.2) is 17.7 Å². The van der Waals surface area contributed by atoms with Crippen LogP contribution >= 0.6 is 11.6 Å². The molecule has 9 heteroatoms. The van der Waals surface area contributed by atoms with Crippen LogP contribution in [0.4, 0.5) is 0 Å². The number of nitrogens with one attached hydrogen (secondary N) is 2. The molecule has 1 saturated heterocycles. The highest BCUT2D eigenvalue weighted by Gasteiger charge is 2.24. The molecule has 1 aromatic rings. The van der Waals surface area contributed by atoms with Gasteiger partial charge >= 0.3 is 0 Å². The van der Waals surface area contributed by atoms with E-state index in [4.69, 9.17) is 16.3 Å². The third-order valence-electron chi connectivity index (χ3n) is 4.60. The van der Waals surface area contributed by atoms with Crippen molar-refractivity contribution in [2.45, 2.75) is 32.8 Å². The molecule has 0 aliphatic carbocycles. The minimum Gasteiger partial charge on any atom is -0.489 e. The summed E-state index contributed by atoms with van der Waals surface area (Å²) < 4.78 is 30.6. The Labute approximate surface area is 173 Å². The number of ether oxygens (including phenoxy) is 1. The van der Waals surface area contributed by atoms with E-state index in [1.807, 2.05) is 26.0 Å². The van der Waals surface area contributed by atoms with Gasteiger partial charge in [-0.05, 0) is 56.9 Å². The SMILES string of the molecule is CCNC(=NCC(C)Oc1ccc(Cl)cc1)NCC1CCN(S(C)(=O)=O)CC1. The van der Waals surface area contributed by atoms with Crippen molar-refractivity contribution in [3.05, 3.63) is 29.3 Å². The normalized spacial score (nSPS) is 17.9. The van der Waals surface area contributed by atoms with E-state index in [0.717, 1.165) is 37.6 Å². The van der Waals surface area contributed by atoms with Gasteiger partial charge in [-0.2, -0.15) is 0 Å². The number of rotatable bonds is 8. The van der Waals surface area contributed by atoms with Crippen LogP contribution in [0.2, 0.25) is 5.02 Å². The van der Waals surface area contributed by atoms with Gasteiger partial charge in [-0.1, -0.05) is 11.6 Å². The van der Waals surface area contributed by atoms with Crippen molar-refractivity contribution in [2.24, 2.45) is 10.9 Å². The standard InChI is InChI=1S/C19H31ClN4O3S/c1-4-21-19(22-13-15(2)27-18-7-5-17(20)6-8-18)23-14-16-9-11-24(12-10-16)28(3,25)26/h5-8,15-16H,4,9-14H2,1-3H3,(H2,21,22,23). The van der Waals surface area contributed by atoms with Gasteiger partial charge in [0.2, 0.25) is 10.0 Å². The summed E-state index contributed by atoms with van der Waals surface area (Å²) >= 11 is 5.89. The summed E-state index contributed by atoms with van der Waals surface area (Å²) in [6.45, 7) is 7.23. The smallest absolute Gasteiger partial charge is 0.211 e. The largest absolute Gasteiger partial charge is 0.489 e. The summed E-state index contributed by atoms with van der Waals surface area (Å²) in [6.07, 6.45) is 2.91. The van der Waals surface area contributed by atoms with E-state index < -0.39 is 10.0 Å².